The van der Waals surface area contributed by atoms with Gasteiger partial charge in [0.1, 0.15) is 6.61 Å². The Morgan fingerprint density at radius 2 is 1.66 bits per heavy atom. The van der Waals surface area contributed by atoms with Crippen molar-refractivity contribution >= 4 is 23.5 Å². The maximum Gasteiger partial charge on any atom is 0.362 e. The van der Waals surface area contributed by atoms with E-state index < -0.39 is 12.0 Å². The van der Waals surface area contributed by atoms with Crippen molar-refractivity contribution in [1.29, 1.82) is 0 Å². The Labute approximate surface area is 189 Å². The van der Waals surface area contributed by atoms with Crippen molar-refractivity contribution in [2.24, 2.45) is 0 Å². The Morgan fingerprint density at radius 3 is 2.28 bits per heavy atom. The second-order valence-electron chi connectivity index (χ2n) is 8.21. The molecule has 0 aromatic heterocycles. The minimum atomic E-state index is -0.520. The van der Waals surface area contributed by atoms with Gasteiger partial charge in [-0.05, 0) is 31.0 Å². The van der Waals surface area contributed by atoms with Crippen molar-refractivity contribution in [2.45, 2.75) is 39.8 Å². The van der Waals surface area contributed by atoms with Crippen molar-refractivity contribution in [3.63, 3.8) is 0 Å². The molecular formula is C25H33N2O5+. The molecule has 1 amide bonds. The van der Waals surface area contributed by atoms with E-state index in [9.17, 15) is 14.4 Å². The van der Waals surface area contributed by atoms with Crippen LogP contribution in [0.2, 0.25) is 0 Å². The molecule has 0 saturated carbocycles. The van der Waals surface area contributed by atoms with Crippen LogP contribution < -0.4 is 5.32 Å². The molecule has 0 heterocycles. The smallest absolute Gasteiger partial charge is 0.362 e. The highest BCUT2D eigenvalue weighted by molar-refractivity contribution is 6.03. The van der Waals surface area contributed by atoms with E-state index in [0.717, 1.165) is 11.1 Å². The molecule has 172 valence electrons. The van der Waals surface area contributed by atoms with Crippen molar-refractivity contribution in [1.82, 2.24) is 0 Å². The maximum atomic E-state index is 13.2. The quantitative estimate of drug-likeness (QED) is 0.449. The number of carbonyl (C=O) groups excluding carboxylic acids is 3. The third kappa shape index (κ3) is 6.65. The fraction of sp³-hybridized carbons (Fsp3) is 0.400. The zero-order chi connectivity index (χ0) is 23.7. The number of rotatable bonds is 10. The summed E-state index contributed by atoms with van der Waals surface area (Å²) in [6, 6.07) is 14.1. The molecule has 1 atom stereocenters. The van der Waals surface area contributed by atoms with E-state index in [1.807, 2.05) is 64.3 Å². The van der Waals surface area contributed by atoms with Gasteiger partial charge in [-0.3, -0.25) is 4.79 Å². The second kappa shape index (κ2) is 11.4. The molecule has 0 aliphatic heterocycles. The van der Waals surface area contributed by atoms with Crippen LogP contribution in [0.25, 0.3) is 0 Å². The lowest BCUT2D eigenvalue weighted by atomic mass is 10.1. The minimum Gasteiger partial charge on any atom is -0.462 e. The van der Waals surface area contributed by atoms with Crippen LogP contribution >= 0.6 is 0 Å². The van der Waals surface area contributed by atoms with Crippen molar-refractivity contribution in [2.75, 3.05) is 32.6 Å². The van der Waals surface area contributed by atoms with Gasteiger partial charge >= 0.3 is 11.9 Å². The molecule has 2 aromatic carbocycles. The van der Waals surface area contributed by atoms with Crippen LogP contribution in [-0.4, -0.2) is 55.6 Å². The Bertz CT molecular complexity index is 941. The lowest BCUT2D eigenvalue weighted by Crippen LogP contribution is -2.56. The molecule has 7 heteroatoms. The second-order valence-corrected chi connectivity index (χ2v) is 8.21. The average Bonchev–Trinajstić information content (AvgIpc) is 2.74. The molecule has 0 saturated heterocycles. The van der Waals surface area contributed by atoms with Crippen LogP contribution in [0.4, 0.5) is 5.69 Å². The van der Waals surface area contributed by atoms with Gasteiger partial charge < -0.3 is 19.3 Å². The fourth-order valence-corrected chi connectivity index (χ4v) is 3.64. The molecular weight excluding hydrogens is 408 g/mol. The summed E-state index contributed by atoms with van der Waals surface area (Å²) in [6.45, 7) is 5.92. The van der Waals surface area contributed by atoms with Gasteiger partial charge in [-0.15, -0.1) is 0 Å². The number of benzene rings is 2. The summed E-state index contributed by atoms with van der Waals surface area (Å²) in [6.07, 6.45) is 0.505. The van der Waals surface area contributed by atoms with Gasteiger partial charge in [-0.1, -0.05) is 49.4 Å². The Kier molecular flexibility index (Phi) is 8.96. The first-order valence-electron chi connectivity index (χ1n) is 10.8. The predicted octanol–water partition coefficient (Wildman–Crippen LogP) is 3.71. The summed E-state index contributed by atoms with van der Waals surface area (Å²) in [5.41, 5.74) is 2.40. The van der Waals surface area contributed by atoms with Gasteiger partial charge in [-0.2, -0.15) is 0 Å². The Balaban J connectivity index is 2.11. The third-order valence-corrected chi connectivity index (χ3v) is 5.33. The first-order chi connectivity index (χ1) is 15.2. The number of hydrogen-bond donors (Lipinski definition) is 1. The highest BCUT2D eigenvalue weighted by Gasteiger charge is 2.36. The standard InChI is InChI=1S/C25H32N2O5/c1-6-21(27(4,5)16-22(28)32-17-19-13-9-8-10-14-19)24(29)26-23-18(3)12-11-15-20(23)25(30)31-7-2/h8-15,21H,6-7,16-17H2,1-5H3/p+1. The maximum absolute atomic E-state index is 13.2. The SMILES string of the molecule is CCOC(=O)c1cccc(C)c1NC(=O)C(CC)[N+](C)(C)CC(=O)OCc1ccccc1. The Morgan fingerprint density at radius 1 is 0.969 bits per heavy atom. The average molecular weight is 442 g/mol. The fourth-order valence-electron chi connectivity index (χ4n) is 3.64. The highest BCUT2D eigenvalue weighted by Crippen LogP contribution is 2.23. The number of nitrogens with zero attached hydrogens (tertiary/aromatic N) is 1. The van der Waals surface area contributed by atoms with E-state index in [2.05, 4.69) is 5.32 Å². The van der Waals surface area contributed by atoms with E-state index in [4.69, 9.17) is 9.47 Å². The topological polar surface area (TPSA) is 81.7 Å². The number of ether oxygens (including phenoxy) is 2. The number of nitrogens with one attached hydrogen (secondary N) is 1. The first-order valence-corrected chi connectivity index (χ1v) is 10.8. The van der Waals surface area contributed by atoms with Gasteiger partial charge in [0.25, 0.3) is 5.91 Å². The van der Waals surface area contributed by atoms with Gasteiger partial charge in [0.15, 0.2) is 12.6 Å². The summed E-state index contributed by atoms with van der Waals surface area (Å²) in [5, 5.41) is 2.90. The third-order valence-electron chi connectivity index (χ3n) is 5.33. The van der Waals surface area contributed by atoms with Gasteiger partial charge in [-0.25, -0.2) is 9.59 Å². The molecule has 7 nitrogen and oxygen atoms in total. The number of para-hydroxylation sites is 1. The zero-order valence-electron chi connectivity index (χ0n) is 19.5. The number of likely N-dealkylation sites (N-methyl/N-ethyl adjacent to an activating group) is 1. The molecule has 0 bridgehead atoms. The summed E-state index contributed by atoms with van der Waals surface area (Å²) in [5.74, 6) is -1.14. The normalized spacial score (nSPS) is 12.0. The lowest BCUT2D eigenvalue weighted by molar-refractivity contribution is -0.898. The van der Waals surface area contributed by atoms with Gasteiger partial charge in [0, 0.05) is 6.42 Å². The van der Waals surface area contributed by atoms with E-state index in [1.165, 1.54) is 0 Å². The Hall–Kier alpha value is -3.19. The molecule has 2 rings (SSSR count). The predicted molar refractivity (Wildman–Crippen MR) is 123 cm³/mol. The summed E-state index contributed by atoms with van der Waals surface area (Å²) in [7, 11) is 3.64. The highest BCUT2D eigenvalue weighted by atomic mass is 16.5. The van der Waals surface area contributed by atoms with Crippen molar-refractivity contribution in [3.05, 3.63) is 65.2 Å². The molecule has 0 aliphatic carbocycles. The number of amides is 1. The van der Waals surface area contributed by atoms with E-state index in [0.29, 0.717) is 17.7 Å². The largest absolute Gasteiger partial charge is 0.462 e. The summed E-state index contributed by atoms with van der Waals surface area (Å²) >= 11 is 0. The first kappa shape index (κ1) is 25.1. The molecule has 2 aromatic rings. The zero-order valence-corrected chi connectivity index (χ0v) is 19.5. The van der Waals surface area contributed by atoms with Gasteiger partial charge in [0.2, 0.25) is 0 Å². The molecule has 0 aliphatic rings. The van der Waals surface area contributed by atoms with Crippen molar-refractivity contribution in [3.8, 4) is 0 Å². The molecule has 32 heavy (non-hydrogen) atoms. The number of hydrogen-bond acceptors (Lipinski definition) is 5. The molecule has 0 radical (unpaired) electrons. The van der Waals surface area contributed by atoms with Crippen LogP contribution in [0.15, 0.2) is 48.5 Å². The van der Waals surface area contributed by atoms with Crippen LogP contribution in [0.1, 0.15) is 41.8 Å². The monoisotopic (exact) mass is 441 g/mol. The van der Waals surface area contributed by atoms with Crippen LogP contribution in [0.3, 0.4) is 0 Å². The molecule has 0 spiro atoms. The number of esters is 2. The van der Waals surface area contributed by atoms with E-state index in [1.54, 1.807) is 19.1 Å². The lowest BCUT2D eigenvalue weighted by Gasteiger charge is -2.35. The molecule has 1 unspecified atom stereocenters. The van der Waals surface area contributed by atoms with Crippen LogP contribution in [0, 0.1) is 6.92 Å². The molecule has 0 fully saturated rings. The van der Waals surface area contributed by atoms with E-state index in [-0.39, 0.29) is 36.1 Å². The van der Waals surface area contributed by atoms with Crippen molar-refractivity contribution < 1.29 is 28.3 Å². The van der Waals surface area contributed by atoms with Crippen LogP contribution in [0.5, 0.6) is 0 Å². The molecule has 1 N–H and O–H groups in total. The summed E-state index contributed by atoms with van der Waals surface area (Å²) in [4.78, 5) is 38.0. The summed E-state index contributed by atoms with van der Waals surface area (Å²) < 4.78 is 10.6. The minimum absolute atomic E-state index is 0.0390. The van der Waals surface area contributed by atoms with Gasteiger partial charge in [0.05, 0.1) is 32.0 Å². The number of quaternary nitrogens is 1. The number of aryl methyl sites for hydroxylation is 1. The van der Waals surface area contributed by atoms with E-state index >= 15 is 0 Å². The number of carbonyl (C=O) groups is 3. The van der Waals surface area contributed by atoms with Crippen LogP contribution in [-0.2, 0) is 25.7 Å². The number of anilines is 1.